The van der Waals surface area contributed by atoms with Gasteiger partial charge in [0.15, 0.2) is 0 Å². The summed E-state index contributed by atoms with van der Waals surface area (Å²) in [5, 5.41) is 3.39. The molecular weight excluding hydrogens is 244 g/mol. The summed E-state index contributed by atoms with van der Waals surface area (Å²) in [6.07, 6.45) is 2.44. The molecule has 0 atom stereocenters. The molecule has 1 aliphatic rings. The highest BCUT2D eigenvalue weighted by molar-refractivity contribution is 5.64. The molecule has 1 nitrogen and oxygen atoms in total. The third kappa shape index (κ3) is 2.99. The summed E-state index contributed by atoms with van der Waals surface area (Å²) in [4.78, 5) is 0. The number of halogens is 2. The lowest BCUT2D eigenvalue weighted by molar-refractivity contribution is 0.623. The Kier molecular flexibility index (Phi) is 3.30. The van der Waals surface area contributed by atoms with Crippen molar-refractivity contribution in [2.75, 3.05) is 0 Å². The van der Waals surface area contributed by atoms with Gasteiger partial charge in [0.1, 0.15) is 11.6 Å². The highest BCUT2D eigenvalue weighted by atomic mass is 19.1. The zero-order valence-corrected chi connectivity index (χ0v) is 10.5. The first kappa shape index (κ1) is 12.3. The second-order valence-electron chi connectivity index (χ2n) is 4.98. The summed E-state index contributed by atoms with van der Waals surface area (Å²) in [6, 6.07) is 11.7. The predicted molar refractivity (Wildman–Crippen MR) is 71.7 cm³/mol. The molecule has 1 saturated carbocycles. The first-order valence-electron chi connectivity index (χ1n) is 6.50. The van der Waals surface area contributed by atoms with Crippen molar-refractivity contribution in [1.82, 2.24) is 5.32 Å². The molecular formula is C16H15F2N. The molecule has 2 aromatic rings. The number of benzene rings is 2. The second-order valence-corrected chi connectivity index (χ2v) is 4.98. The van der Waals surface area contributed by atoms with E-state index in [1.807, 2.05) is 0 Å². The average molecular weight is 259 g/mol. The topological polar surface area (TPSA) is 12.0 Å². The lowest BCUT2D eigenvalue weighted by Gasteiger charge is -2.08. The van der Waals surface area contributed by atoms with Gasteiger partial charge in [0.25, 0.3) is 0 Å². The molecule has 98 valence electrons. The van der Waals surface area contributed by atoms with Gasteiger partial charge in [0.05, 0.1) is 0 Å². The lowest BCUT2D eigenvalue weighted by Crippen LogP contribution is -2.15. The Morgan fingerprint density at radius 2 is 1.89 bits per heavy atom. The van der Waals surface area contributed by atoms with E-state index in [9.17, 15) is 8.78 Å². The first-order chi connectivity index (χ1) is 9.22. The highest BCUT2D eigenvalue weighted by Gasteiger charge is 2.20. The van der Waals surface area contributed by atoms with Crippen LogP contribution in [0.15, 0.2) is 42.5 Å². The van der Waals surface area contributed by atoms with Gasteiger partial charge >= 0.3 is 0 Å². The minimum Gasteiger partial charge on any atom is -0.310 e. The maximum Gasteiger partial charge on any atom is 0.131 e. The van der Waals surface area contributed by atoms with Crippen LogP contribution in [0.3, 0.4) is 0 Å². The van der Waals surface area contributed by atoms with Crippen LogP contribution in [0.2, 0.25) is 0 Å². The van der Waals surface area contributed by atoms with Crippen molar-refractivity contribution < 1.29 is 8.78 Å². The summed E-state index contributed by atoms with van der Waals surface area (Å²) in [6.45, 7) is 0.729. The van der Waals surface area contributed by atoms with Crippen LogP contribution in [-0.4, -0.2) is 6.04 Å². The minimum absolute atomic E-state index is 0.319. The molecule has 0 aliphatic heterocycles. The molecule has 0 heterocycles. The fourth-order valence-corrected chi connectivity index (χ4v) is 2.11. The second kappa shape index (κ2) is 5.10. The summed E-state index contributed by atoms with van der Waals surface area (Å²) in [7, 11) is 0. The van der Waals surface area contributed by atoms with Crippen LogP contribution in [-0.2, 0) is 6.54 Å². The van der Waals surface area contributed by atoms with E-state index < -0.39 is 0 Å². The summed E-state index contributed by atoms with van der Waals surface area (Å²) in [5.74, 6) is -0.667. The highest BCUT2D eigenvalue weighted by Crippen LogP contribution is 2.25. The third-order valence-corrected chi connectivity index (χ3v) is 3.34. The van der Waals surface area contributed by atoms with E-state index in [-0.39, 0.29) is 11.6 Å². The third-order valence-electron chi connectivity index (χ3n) is 3.34. The Morgan fingerprint density at radius 3 is 2.63 bits per heavy atom. The van der Waals surface area contributed by atoms with Gasteiger partial charge < -0.3 is 5.32 Å². The van der Waals surface area contributed by atoms with E-state index >= 15 is 0 Å². The molecule has 19 heavy (non-hydrogen) atoms. The number of hydrogen-bond donors (Lipinski definition) is 1. The average Bonchev–Trinajstić information content (AvgIpc) is 3.22. The van der Waals surface area contributed by atoms with Crippen molar-refractivity contribution in [3.8, 4) is 11.1 Å². The van der Waals surface area contributed by atoms with Crippen LogP contribution in [0.1, 0.15) is 18.4 Å². The summed E-state index contributed by atoms with van der Waals surface area (Å²) in [5.41, 5.74) is 2.05. The van der Waals surface area contributed by atoms with Gasteiger partial charge in [-0.2, -0.15) is 0 Å². The Balaban J connectivity index is 1.88. The monoisotopic (exact) mass is 259 g/mol. The predicted octanol–water partition coefficient (Wildman–Crippen LogP) is 3.88. The van der Waals surface area contributed by atoms with Crippen LogP contribution in [0, 0.1) is 11.6 Å². The number of nitrogens with one attached hydrogen (secondary N) is 1. The molecule has 0 saturated heterocycles. The minimum atomic E-state index is -0.349. The van der Waals surface area contributed by atoms with Crippen molar-refractivity contribution in [3.05, 3.63) is 59.7 Å². The van der Waals surface area contributed by atoms with Gasteiger partial charge in [0, 0.05) is 18.2 Å². The Bertz CT molecular complexity index is 591. The van der Waals surface area contributed by atoms with Crippen molar-refractivity contribution >= 4 is 0 Å². The van der Waals surface area contributed by atoms with Crippen LogP contribution >= 0.6 is 0 Å². The molecule has 0 aromatic heterocycles. The van der Waals surface area contributed by atoms with Crippen molar-refractivity contribution in [2.24, 2.45) is 0 Å². The van der Waals surface area contributed by atoms with E-state index in [0.29, 0.717) is 17.2 Å². The van der Waals surface area contributed by atoms with Crippen molar-refractivity contribution in [3.63, 3.8) is 0 Å². The standard InChI is InChI=1S/C16H15F2N/c17-13-3-1-2-12(9-13)15-8-11(4-7-16(15)18)10-19-14-5-6-14/h1-4,7-9,14,19H,5-6,10H2. The Morgan fingerprint density at radius 1 is 1.05 bits per heavy atom. The fourth-order valence-electron chi connectivity index (χ4n) is 2.11. The van der Waals surface area contributed by atoms with E-state index in [2.05, 4.69) is 5.32 Å². The van der Waals surface area contributed by atoms with Gasteiger partial charge in [-0.15, -0.1) is 0 Å². The molecule has 3 heteroatoms. The van der Waals surface area contributed by atoms with E-state index in [1.54, 1.807) is 24.3 Å². The molecule has 1 N–H and O–H groups in total. The van der Waals surface area contributed by atoms with Crippen molar-refractivity contribution in [1.29, 1.82) is 0 Å². The smallest absolute Gasteiger partial charge is 0.131 e. The van der Waals surface area contributed by atoms with Gasteiger partial charge in [-0.25, -0.2) is 8.78 Å². The largest absolute Gasteiger partial charge is 0.310 e. The molecule has 0 radical (unpaired) electrons. The van der Waals surface area contributed by atoms with E-state index in [1.165, 1.54) is 31.0 Å². The zero-order chi connectivity index (χ0) is 13.2. The quantitative estimate of drug-likeness (QED) is 0.878. The number of hydrogen-bond acceptors (Lipinski definition) is 1. The lowest BCUT2D eigenvalue weighted by atomic mass is 10.0. The molecule has 1 aliphatic carbocycles. The fraction of sp³-hybridized carbons (Fsp3) is 0.250. The van der Waals surface area contributed by atoms with Gasteiger partial charge in [-0.3, -0.25) is 0 Å². The van der Waals surface area contributed by atoms with Gasteiger partial charge in [-0.05, 0) is 48.2 Å². The van der Waals surface area contributed by atoms with Gasteiger partial charge in [0.2, 0.25) is 0 Å². The normalized spacial score (nSPS) is 14.6. The SMILES string of the molecule is Fc1cccc(-c2cc(CNC3CC3)ccc2F)c1. The van der Waals surface area contributed by atoms with Gasteiger partial charge in [-0.1, -0.05) is 18.2 Å². The van der Waals surface area contributed by atoms with Crippen molar-refractivity contribution in [2.45, 2.75) is 25.4 Å². The molecule has 1 fully saturated rings. The summed E-state index contributed by atoms with van der Waals surface area (Å²) >= 11 is 0. The van der Waals surface area contributed by atoms with Crippen LogP contribution in [0.5, 0.6) is 0 Å². The summed E-state index contributed by atoms with van der Waals surface area (Å²) < 4.78 is 27.1. The molecule has 0 amide bonds. The first-order valence-corrected chi connectivity index (χ1v) is 6.50. The molecule has 3 rings (SSSR count). The molecule has 2 aromatic carbocycles. The zero-order valence-electron chi connectivity index (χ0n) is 10.5. The van der Waals surface area contributed by atoms with Crippen LogP contribution in [0.4, 0.5) is 8.78 Å². The Hall–Kier alpha value is -1.74. The van der Waals surface area contributed by atoms with Crippen LogP contribution < -0.4 is 5.32 Å². The van der Waals surface area contributed by atoms with Crippen LogP contribution in [0.25, 0.3) is 11.1 Å². The number of rotatable bonds is 4. The maximum atomic E-state index is 13.9. The molecule has 0 bridgehead atoms. The maximum absolute atomic E-state index is 13.9. The molecule has 0 unspecified atom stereocenters. The van der Waals surface area contributed by atoms with E-state index in [4.69, 9.17) is 0 Å². The molecule has 0 spiro atoms. The Labute approximate surface area is 111 Å². The van der Waals surface area contributed by atoms with E-state index in [0.717, 1.165) is 12.1 Å².